The molecule has 306 valence electrons. The van der Waals surface area contributed by atoms with Gasteiger partial charge in [0, 0.05) is 46.4 Å². The third-order valence-electron chi connectivity index (χ3n) is 12.8. The van der Waals surface area contributed by atoms with Crippen LogP contribution in [0.1, 0.15) is 60.9 Å². The number of anilines is 2. The first-order valence-corrected chi connectivity index (χ1v) is 22.2. The Balaban J connectivity index is 0.972. The quantitative estimate of drug-likeness (QED) is 0.0899. The van der Waals surface area contributed by atoms with Crippen LogP contribution in [-0.2, 0) is 6.54 Å². The Labute approximate surface area is 365 Å². The lowest BCUT2D eigenvalue weighted by atomic mass is 9.82. The van der Waals surface area contributed by atoms with E-state index in [9.17, 15) is 0 Å². The number of furan rings is 1. The molecule has 8 aromatic rings. The van der Waals surface area contributed by atoms with E-state index in [1.54, 1.807) is 0 Å². The molecule has 0 radical (unpaired) electrons. The summed E-state index contributed by atoms with van der Waals surface area (Å²) in [7, 11) is 2.13. The second-order valence-corrected chi connectivity index (χ2v) is 16.8. The van der Waals surface area contributed by atoms with Crippen LogP contribution < -0.4 is 10.6 Å². The molecule has 0 spiro atoms. The zero-order chi connectivity index (χ0) is 41.7. The van der Waals surface area contributed by atoms with E-state index >= 15 is 0 Å². The summed E-state index contributed by atoms with van der Waals surface area (Å²) in [5, 5.41) is 9.87. The van der Waals surface area contributed by atoms with Gasteiger partial charge in [-0.2, -0.15) is 0 Å². The summed E-state index contributed by atoms with van der Waals surface area (Å²) < 4.78 is 6.41. The van der Waals surface area contributed by atoms with Gasteiger partial charge in [0.05, 0.1) is 6.17 Å². The van der Waals surface area contributed by atoms with Crippen molar-refractivity contribution in [3.63, 3.8) is 0 Å². The first-order chi connectivity index (χ1) is 30.7. The Morgan fingerprint density at radius 3 is 2.24 bits per heavy atom. The Morgan fingerprint density at radius 2 is 1.39 bits per heavy atom. The minimum absolute atomic E-state index is 0.0615. The normalized spacial score (nSPS) is 15.6. The van der Waals surface area contributed by atoms with Crippen LogP contribution in [0.3, 0.4) is 0 Å². The highest BCUT2D eigenvalue weighted by atomic mass is 16.3. The van der Waals surface area contributed by atoms with E-state index in [0.29, 0.717) is 5.92 Å². The Hall–Kier alpha value is -6.72. The maximum absolute atomic E-state index is 6.41. The summed E-state index contributed by atoms with van der Waals surface area (Å²) in [6, 6.07) is 59.3. The van der Waals surface area contributed by atoms with Gasteiger partial charge >= 0.3 is 0 Å². The van der Waals surface area contributed by atoms with Gasteiger partial charge in [-0.15, -0.1) is 0 Å². The fourth-order valence-corrected chi connectivity index (χ4v) is 9.67. The van der Waals surface area contributed by atoms with Gasteiger partial charge in [-0.05, 0) is 114 Å². The van der Waals surface area contributed by atoms with Gasteiger partial charge in [0.25, 0.3) is 0 Å². The van der Waals surface area contributed by atoms with Crippen LogP contribution in [0.25, 0.3) is 55.3 Å². The Morgan fingerprint density at radius 1 is 0.629 bits per heavy atom. The fraction of sp³-hybridized carbons (Fsp3) is 0.172. The smallest absolute Gasteiger partial charge is 0.143 e. The van der Waals surface area contributed by atoms with Crippen LogP contribution in [0.2, 0.25) is 0 Å². The molecule has 2 unspecified atom stereocenters. The number of fused-ring (bicyclic) bond motifs is 3. The molecule has 4 heteroatoms. The second-order valence-electron chi connectivity index (χ2n) is 16.8. The summed E-state index contributed by atoms with van der Waals surface area (Å²) in [6.07, 6.45) is 17.2. The summed E-state index contributed by atoms with van der Waals surface area (Å²) in [5.74, 6) is 0.462. The summed E-state index contributed by atoms with van der Waals surface area (Å²) >= 11 is 0. The number of hydrogen-bond acceptors (Lipinski definition) is 4. The van der Waals surface area contributed by atoms with Crippen LogP contribution in [0, 0.1) is 0 Å². The van der Waals surface area contributed by atoms with Gasteiger partial charge in [-0.25, -0.2) is 0 Å². The van der Waals surface area contributed by atoms with Gasteiger partial charge in [0.1, 0.15) is 11.2 Å². The lowest BCUT2D eigenvalue weighted by molar-refractivity contribution is 0.177. The van der Waals surface area contributed by atoms with E-state index in [1.807, 2.05) is 12.1 Å². The maximum atomic E-state index is 6.41. The van der Waals surface area contributed by atoms with Crippen molar-refractivity contribution in [2.24, 2.45) is 0 Å². The summed E-state index contributed by atoms with van der Waals surface area (Å²) in [4.78, 5) is 2.64. The van der Waals surface area contributed by atoms with E-state index in [1.165, 1.54) is 39.0 Å². The number of para-hydroxylation sites is 3. The van der Waals surface area contributed by atoms with Crippen molar-refractivity contribution in [3.8, 4) is 33.4 Å². The molecule has 10 rings (SSSR count). The minimum Gasteiger partial charge on any atom is -0.455 e. The molecule has 7 aromatic carbocycles. The molecule has 0 saturated carbocycles. The minimum atomic E-state index is 0.0615. The first kappa shape index (κ1) is 39.4. The number of hydrogen-bond donors (Lipinski definition) is 2. The standard InChI is InChI=1S/C58H53N3O/c1-59-58(61(39-41-18-5-2-6-19-41)40-42-20-7-3-8-21-42)53-35-34-45(38-54(53)43-22-9-4-10-23-43)44-24-15-25-46(36-44)49-28-11-13-32-55(49)60-48-27-16-26-47(37-48)50-30-17-31-52-51-29-12-14-33-56(51)62-57(50)52/h2-7,9,11-20,24-38,43,58-60H,8,10,21-23,39-40H2,1H3. The SMILES string of the molecule is CNC(c1ccc(-c2cccc(-c3ccccc3Nc3cccc(-c4cccc5c4oc4ccccc45)c3)c2)cc1C1CC=CCC1)N(CC1=CC=CCC1)Cc1ccccc1. The molecule has 0 aliphatic heterocycles. The molecule has 0 amide bonds. The Kier molecular flexibility index (Phi) is 11.5. The van der Waals surface area contributed by atoms with E-state index in [4.69, 9.17) is 4.42 Å². The zero-order valence-electron chi connectivity index (χ0n) is 35.4. The zero-order valence-corrected chi connectivity index (χ0v) is 35.4. The molecule has 1 aromatic heterocycles. The van der Waals surface area contributed by atoms with Crippen LogP contribution in [0.15, 0.2) is 204 Å². The summed E-state index contributed by atoms with van der Waals surface area (Å²) in [5.41, 5.74) is 16.6. The topological polar surface area (TPSA) is 40.4 Å². The van der Waals surface area contributed by atoms with Crippen LogP contribution >= 0.6 is 0 Å². The van der Waals surface area contributed by atoms with Gasteiger partial charge in [-0.3, -0.25) is 4.90 Å². The molecule has 2 N–H and O–H groups in total. The van der Waals surface area contributed by atoms with Crippen molar-refractivity contribution in [2.45, 2.75) is 50.7 Å². The van der Waals surface area contributed by atoms with Gasteiger partial charge in [0.2, 0.25) is 0 Å². The monoisotopic (exact) mass is 807 g/mol. The highest BCUT2D eigenvalue weighted by molar-refractivity contribution is 6.09. The van der Waals surface area contributed by atoms with E-state index < -0.39 is 0 Å². The predicted molar refractivity (Wildman–Crippen MR) is 261 cm³/mol. The fourth-order valence-electron chi connectivity index (χ4n) is 9.67. The number of nitrogens with one attached hydrogen (secondary N) is 2. The molecule has 0 saturated heterocycles. The molecule has 0 fully saturated rings. The maximum Gasteiger partial charge on any atom is 0.143 e. The van der Waals surface area contributed by atoms with Crippen LogP contribution in [-0.4, -0.2) is 18.5 Å². The second kappa shape index (κ2) is 18.1. The summed E-state index contributed by atoms with van der Waals surface area (Å²) in [6.45, 7) is 1.80. The van der Waals surface area contributed by atoms with Crippen LogP contribution in [0.5, 0.6) is 0 Å². The molecule has 2 aliphatic rings. The number of allylic oxidation sites excluding steroid dienone is 5. The number of benzene rings is 7. The molecular formula is C58H53N3O. The van der Waals surface area contributed by atoms with Crippen molar-refractivity contribution >= 4 is 33.3 Å². The van der Waals surface area contributed by atoms with Crippen molar-refractivity contribution < 1.29 is 4.42 Å². The molecule has 1 heterocycles. The molecule has 62 heavy (non-hydrogen) atoms. The molecule has 4 nitrogen and oxygen atoms in total. The lowest BCUT2D eigenvalue weighted by Gasteiger charge is -2.36. The average Bonchev–Trinajstić information content (AvgIpc) is 3.72. The van der Waals surface area contributed by atoms with Gasteiger partial charge in [-0.1, -0.05) is 169 Å². The predicted octanol–water partition coefficient (Wildman–Crippen LogP) is 15.2. The highest BCUT2D eigenvalue weighted by Gasteiger charge is 2.27. The first-order valence-electron chi connectivity index (χ1n) is 22.2. The van der Waals surface area contributed by atoms with Crippen LogP contribution in [0.4, 0.5) is 11.4 Å². The largest absolute Gasteiger partial charge is 0.455 e. The third-order valence-corrected chi connectivity index (χ3v) is 12.8. The molecule has 0 bridgehead atoms. The van der Waals surface area contributed by atoms with E-state index in [2.05, 4.69) is 205 Å². The number of rotatable bonds is 13. The number of nitrogens with zero attached hydrogens (tertiary/aromatic N) is 1. The van der Waals surface area contributed by atoms with Crippen molar-refractivity contribution in [1.82, 2.24) is 10.2 Å². The van der Waals surface area contributed by atoms with Gasteiger partial charge in [0.15, 0.2) is 0 Å². The van der Waals surface area contributed by atoms with Gasteiger partial charge < -0.3 is 15.1 Å². The lowest BCUT2D eigenvalue weighted by Crippen LogP contribution is -2.38. The third kappa shape index (κ3) is 8.32. The highest BCUT2D eigenvalue weighted by Crippen LogP contribution is 2.41. The van der Waals surface area contributed by atoms with Crippen molar-refractivity contribution in [2.75, 3.05) is 18.9 Å². The van der Waals surface area contributed by atoms with E-state index in [0.717, 1.165) is 95.2 Å². The van der Waals surface area contributed by atoms with E-state index in [-0.39, 0.29) is 6.17 Å². The molecule has 2 aliphatic carbocycles. The van der Waals surface area contributed by atoms with Crippen molar-refractivity contribution in [1.29, 1.82) is 0 Å². The molecule has 2 atom stereocenters. The Bertz CT molecular complexity index is 2940. The molecular weight excluding hydrogens is 755 g/mol. The average molecular weight is 808 g/mol. The van der Waals surface area contributed by atoms with Crippen molar-refractivity contribution in [3.05, 3.63) is 216 Å².